The molecule has 5 aliphatic rings. The van der Waals surface area contributed by atoms with E-state index in [1.807, 2.05) is 0 Å². The Balaban J connectivity index is 1.51. The third-order valence-corrected chi connectivity index (χ3v) is 13.6. The first-order chi connectivity index (χ1) is 17.0. The first-order valence-electron chi connectivity index (χ1n) is 14.8. The van der Waals surface area contributed by atoms with Crippen molar-refractivity contribution in [3.63, 3.8) is 0 Å². The van der Waals surface area contributed by atoms with Crippen LogP contribution in [-0.4, -0.2) is 21.3 Å². The average molecular weight is 508 g/mol. The van der Waals surface area contributed by atoms with Gasteiger partial charge in [0, 0.05) is 11.0 Å². The number of aromatic nitrogens is 2. The first kappa shape index (κ1) is 25.5. The predicted molar refractivity (Wildman–Crippen MR) is 148 cm³/mol. The Morgan fingerprint density at radius 3 is 2.35 bits per heavy atom. The lowest BCUT2D eigenvalue weighted by molar-refractivity contribution is -0.178. The summed E-state index contributed by atoms with van der Waals surface area (Å²) in [5.41, 5.74) is 11.9. The van der Waals surface area contributed by atoms with E-state index in [1.165, 1.54) is 29.7 Å². The molecule has 0 aromatic carbocycles. The van der Waals surface area contributed by atoms with Gasteiger partial charge in [0.05, 0.1) is 11.1 Å². The molecular formula is C32H49N3O2. The highest BCUT2D eigenvalue weighted by molar-refractivity contribution is 5.76. The SMILES string of the molecule is CC1=C2[C@@H]3CC(C)(C)CC[C@]3(C(=O)O)CC[C@@]2(C)[C@]2(C)CC[C@H]3C(C)(C)c4n[nH]c(N)c4C[C@]3(C)C2C1. The summed E-state index contributed by atoms with van der Waals surface area (Å²) in [5.74, 6) is 1.47. The summed E-state index contributed by atoms with van der Waals surface area (Å²) in [5, 5.41) is 18.5. The van der Waals surface area contributed by atoms with Crippen molar-refractivity contribution in [2.75, 3.05) is 5.73 Å². The van der Waals surface area contributed by atoms with E-state index in [0.29, 0.717) is 11.8 Å². The van der Waals surface area contributed by atoms with Gasteiger partial charge >= 0.3 is 5.97 Å². The normalized spacial score (nSPS) is 45.7. The number of nitrogen functional groups attached to an aromatic ring is 1. The summed E-state index contributed by atoms with van der Waals surface area (Å²) < 4.78 is 0. The Hall–Kier alpha value is -1.78. The topological polar surface area (TPSA) is 92.0 Å². The van der Waals surface area contributed by atoms with Crippen LogP contribution in [0.25, 0.3) is 0 Å². The van der Waals surface area contributed by atoms with E-state index in [9.17, 15) is 9.90 Å². The molecule has 1 aromatic heterocycles. The molecule has 4 N–H and O–H groups in total. The fourth-order valence-electron chi connectivity index (χ4n) is 11.5. The molecule has 5 aliphatic carbocycles. The lowest BCUT2D eigenvalue weighted by Gasteiger charge is -2.71. The number of nitrogens with two attached hydrogens (primary N) is 1. The Bertz CT molecular complexity index is 1210. The minimum absolute atomic E-state index is 0.0188. The van der Waals surface area contributed by atoms with Gasteiger partial charge in [-0.2, -0.15) is 5.10 Å². The number of carboxylic acid groups (broad SMARTS) is 1. The standard InChI is InChI=1S/C32H49N3O2/c1-18-15-22-29(6)16-19-24(34-35-25(19)33)28(4,5)21(29)9-10-30(22,7)31(8)12-14-32(26(36)37)13-11-27(2,3)17-20(32)23(18)31/h20-22H,9-17H2,1-8H3,(H,36,37)(H3,33,34,35)/t20-,21-,22?,29-,30+,31+,32-/m0/s1. The quantitative estimate of drug-likeness (QED) is 0.348. The van der Waals surface area contributed by atoms with Crippen molar-refractivity contribution < 1.29 is 9.90 Å². The molecule has 37 heavy (non-hydrogen) atoms. The molecule has 7 atom stereocenters. The van der Waals surface area contributed by atoms with Crippen LogP contribution >= 0.6 is 0 Å². The molecule has 6 rings (SSSR count). The third-order valence-electron chi connectivity index (χ3n) is 13.6. The molecule has 1 aromatic rings. The molecule has 0 amide bonds. The minimum atomic E-state index is -0.580. The largest absolute Gasteiger partial charge is 0.481 e. The molecule has 0 spiro atoms. The number of anilines is 1. The monoisotopic (exact) mass is 507 g/mol. The zero-order chi connectivity index (χ0) is 27.0. The van der Waals surface area contributed by atoms with Crippen LogP contribution in [0.5, 0.6) is 0 Å². The number of nitrogens with zero attached hydrogens (tertiary/aromatic N) is 1. The lowest BCUT2D eigenvalue weighted by Crippen LogP contribution is -2.65. The zero-order valence-corrected chi connectivity index (χ0v) is 24.5. The fraction of sp³-hybridized carbons (Fsp3) is 0.812. The highest BCUT2D eigenvalue weighted by Gasteiger charge is 2.70. The van der Waals surface area contributed by atoms with Crippen LogP contribution in [-0.2, 0) is 16.6 Å². The summed E-state index contributed by atoms with van der Waals surface area (Å²) in [7, 11) is 0. The van der Waals surface area contributed by atoms with Gasteiger partial charge in [-0.25, -0.2) is 0 Å². The number of hydrogen-bond acceptors (Lipinski definition) is 3. The van der Waals surface area contributed by atoms with Gasteiger partial charge in [0.15, 0.2) is 0 Å². The summed E-state index contributed by atoms with van der Waals surface area (Å²) in [4.78, 5) is 13.0. The van der Waals surface area contributed by atoms with Crippen LogP contribution in [0.2, 0.25) is 0 Å². The third kappa shape index (κ3) is 2.92. The maximum Gasteiger partial charge on any atom is 0.310 e. The number of nitrogens with one attached hydrogen (secondary N) is 1. The van der Waals surface area contributed by atoms with Crippen molar-refractivity contribution in [2.45, 2.75) is 119 Å². The van der Waals surface area contributed by atoms with Gasteiger partial charge in [-0.15, -0.1) is 0 Å². The van der Waals surface area contributed by atoms with E-state index in [1.54, 1.807) is 5.57 Å². The number of rotatable bonds is 1. The first-order valence-corrected chi connectivity index (χ1v) is 14.8. The van der Waals surface area contributed by atoms with E-state index in [-0.39, 0.29) is 33.0 Å². The smallest absolute Gasteiger partial charge is 0.310 e. The molecule has 0 aliphatic heterocycles. The van der Waals surface area contributed by atoms with Gasteiger partial charge in [0.2, 0.25) is 0 Å². The number of aromatic amines is 1. The van der Waals surface area contributed by atoms with Crippen molar-refractivity contribution in [1.29, 1.82) is 0 Å². The molecule has 3 fully saturated rings. The molecule has 1 unspecified atom stereocenters. The van der Waals surface area contributed by atoms with Crippen LogP contribution in [0.3, 0.4) is 0 Å². The van der Waals surface area contributed by atoms with Gasteiger partial charge in [0.25, 0.3) is 0 Å². The molecule has 0 bridgehead atoms. The Morgan fingerprint density at radius 1 is 1.00 bits per heavy atom. The highest BCUT2D eigenvalue weighted by Crippen LogP contribution is 2.76. The van der Waals surface area contributed by atoms with Gasteiger partial charge in [0.1, 0.15) is 5.82 Å². The van der Waals surface area contributed by atoms with Crippen LogP contribution in [0.1, 0.15) is 118 Å². The van der Waals surface area contributed by atoms with Gasteiger partial charge in [-0.05, 0) is 104 Å². The fourth-order valence-corrected chi connectivity index (χ4v) is 11.5. The number of carbonyl (C=O) groups is 1. The van der Waals surface area contributed by atoms with Crippen LogP contribution in [0.4, 0.5) is 5.82 Å². The van der Waals surface area contributed by atoms with Crippen molar-refractivity contribution in [1.82, 2.24) is 10.2 Å². The van der Waals surface area contributed by atoms with Crippen LogP contribution in [0, 0.1) is 44.8 Å². The number of H-pyrrole nitrogens is 1. The van der Waals surface area contributed by atoms with Crippen molar-refractivity contribution in [2.24, 2.45) is 44.8 Å². The van der Waals surface area contributed by atoms with E-state index >= 15 is 0 Å². The number of hydrogen-bond donors (Lipinski definition) is 3. The number of allylic oxidation sites excluding steroid dienone is 2. The Kier molecular flexibility index (Phi) is 4.99. The predicted octanol–water partition coefficient (Wildman–Crippen LogP) is 7.28. The van der Waals surface area contributed by atoms with Crippen molar-refractivity contribution in [3.05, 3.63) is 22.4 Å². The molecule has 5 nitrogen and oxygen atoms in total. The van der Waals surface area contributed by atoms with E-state index in [2.05, 4.69) is 60.5 Å². The molecule has 0 radical (unpaired) electrons. The molecular weight excluding hydrogens is 458 g/mol. The van der Waals surface area contributed by atoms with Gasteiger partial charge in [-0.3, -0.25) is 9.89 Å². The van der Waals surface area contributed by atoms with E-state index in [4.69, 9.17) is 10.8 Å². The van der Waals surface area contributed by atoms with Crippen molar-refractivity contribution in [3.8, 4) is 0 Å². The highest BCUT2D eigenvalue weighted by atomic mass is 16.4. The summed E-state index contributed by atoms with van der Waals surface area (Å²) in [6.07, 6.45) is 9.15. The van der Waals surface area contributed by atoms with Crippen LogP contribution in [0.15, 0.2) is 11.1 Å². The van der Waals surface area contributed by atoms with E-state index in [0.717, 1.165) is 50.8 Å². The second-order valence-electron chi connectivity index (χ2n) is 16.0. The Labute approximate surface area is 223 Å². The second kappa shape index (κ2) is 7.24. The molecule has 0 saturated heterocycles. The zero-order valence-electron chi connectivity index (χ0n) is 24.5. The maximum absolute atomic E-state index is 13.0. The number of fused-ring (bicyclic) bond motifs is 8. The minimum Gasteiger partial charge on any atom is -0.481 e. The van der Waals surface area contributed by atoms with Gasteiger partial charge < -0.3 is 10.8 Å². The van der Waals surface area contributed by atoms with Crippen LogP contribution < -0.4 is 5.73 Å². The summed E-state index contributed by atoms with van der Waals surface area (Å²) in [6, 6.07) is 0. The number of aliphatic carboxylic acids is 1. The van der Waals surface area contributed by atoms with Gasteiger partial charge in [-0.1, -0.05) is 59.6 Å². The molecule has 1 heterocycles. The summed E-state index contributed by atoms with van der Waals surface area (Å²) in [6.45, 7) is 19.6. The summed E-state index contributed by atoms with van der Waals surface area (Å²) >= 11 is 0. The molecule has 3 saturated carbocycles. The maximum atomic E-state index is 13.0. The number of carboxylic acids is 1. The second-order valence-corrected chi connectivity index (χ2v) is 16.0. The average Bonchev–Trinajstić information content (AvgIpc) is 3.15. The Morgan fingerprint density at radius 2 is 1.68 bits per heavy atom. The van der Waals surface area contributed by atoms with E-state index < -0.39 is 11.4 Å². The molecule has 204 valence electrons. The van der Waals surface area contributed by atoms with Crippen molar-refractivity contribution >= 4 is 11.8 Å². The molecule has 5 heteroatoms. The lowest BCUT2D eigenvalue weighted by atomic mass is 9.33.